The molecule has 0 aliphatic carbocycles. The van der Waals surface area contributed by atoms with E-state index in [1.165, 1.54) is 18.5 Å². The van der Waals surface area contributed by atoms with E-state index >= 15 is 0 Å². The lowest BCUT2D eigenvalue weighted by atomic mass is 10.2. The molecule has 0 aliphatic rings. The summed E-state index contributed by atoms with van der Waals surface area (Å²) in [6.45, 7) is 0. The first-order chi connectivity index (χ1) is 13.6. The Hall–Kier alpha value is -3.88. The molecule has 28 heavy (non-hydrogen) atoms. The highest BCUT2D eigenvalue weighted by Crippen LogP contribution is 2.22. The summed E-state index contributed by atoms with van der Waals surface area (Å²) < 4.78 is 34.3. The minimum Gasteiger partial charge on any atom is -0.497 e. The number of nitrogens with zero attached hydrogens (tertiary/aromatic N) is 4. The van der Waals surface area contributed by atoms with Gasteiger partial charge in [0.25, 0.3) is 5.91 Å². The number of halogens is 2. The Kier molecular flexibility index (Phi) is 4.40. The monoisotopic (exact) mass is 381 g/mol. The fraction of sp³-hybridized carbons (Fsp3) is 0.0526. The van der Waals surface area contributed by atoms with Gasteiger partial charge in [0.1, 0.15) is 29.3 Å². The maximum Gasteiger partial charge on any atom is 0.262 e. The molecule has 9 heteroatoms. The van der Waals surface area contributed by atoms with Gasteiger partial charge in [0, 0.05) is 6.07 Å². The lowest BCUT2D eigenvalue weighted by Gasteiger charge is -2.07. The molecule has 4 rings (SSSR count). The highest BCUT2D eigenvalue weighted by Gasteiger charge is 2.17. The molecule has 0 unspecified atom stereocenters. The third-order valence-corrected chi connectivity index (χ3v) is 4.07. The second-order valence-corrected chi connectivity index (χ2v) is 5.78. The van der Waals surface area contributed by atoms with E-state index in [1.54, 1.807) is 30.1 Å². The molecule has 2 aromatic heterocycles. The SMILES string of the molecule is COc1ccc2c(c1)ncn2-c1cnc(NC(=O)c2c(F)cccc2F)cn1. The Morgan fingerprint density at radius 1 is 1.07 bits per heavy atom. The van der Waals surface area contributed by atoms with Crippen LogP contribution in [-0.4, -0.2) is 32.5 Å². The number of anilines is 1. The first kappa shape index (κ1) is 17.5. The zero-order valence-electron chi connectivity index (χ0n) is 14.6. The van der Waals surface area contributed by atoms with Gasteiger partial charge in [-0.15, -0.1) is 0 Å². The molecule has 0 aliphatic heterocycles. The van der Waals surface area contributed by atoms with Crippen LogP contribution in [0.5, 0.6) is 5.75 Å². The van der Waals surface area contributed by atoms with Crippen LogP contribution < -0.4 is 10.1 Å². The quantitative estimate of drug-likeness (QED) is 0.586. The fourth-order valence-corrected chi connectivity index (χ4v) is 2.71. The number of carbonyl (C=O) groups excluding carboxylic acids is 1. The summed E-state index contributed by atoms with van der Waals surface area (Å²) in [5.41, 5.74) is 0.830. The second kappa shape index (κ2) is 7.03. The number of ether oxygens (including phenoxy) is 1. The molecule has 140 valence electrons. The number of hydrogen-bond donors (Lipinski definition) is 1. The maximum atomic E-state index is 13.7. The molecule has 2 aromatic carbocycles. The molecule has 0 fully saturated rings. The van der Waals surface area contributed by atoms with Gasteiger partial charge in [0.2, 0.25) is 0 Å². The van der Waals surface area contributed by atoms with E-state index in [0.29, 0.717) is 17.1 Å². The van der Waals surface area contributed by atoms with Crippen LogP contribution in [0, 0.1) is 11.6 Å². The smallest absolute Gasteiger partial charge is 0.262 e. The number of carbonyl (C=O) groups is 1. The van der Waals surface area contributed by atoms with Crippen molar-refractivity contribution in [2.24, 2.45) is 0 Å². The third kappa shape index (κ3) is 3.13. The van der Waals surface area contributed by atoms with Gasteiger partial charge in [-0.25, -0.2) is 23.7 Å². The summed E-state index contributed by atoms with van der Waals surface area (Å²) in [5, 5.41) is 2.33. The van der Waals surface area contributed by atoms with Crippen molar-refractivity contribution in [3.8, 4) is 11.6 Å². The third-order valence-electron chi connectivity index (χ3n) is 4.07. The first-order valence-corrected chi connectivity index (χ1v) is 8.15. The van der Waals surface area contributed by atoms with Crippen molar-refractivity contribution in [3.05, 3.63) is 72.3 Å². The topological polar surface area (TPSA) is 81.9 Å². The Labute approximate surface area is 157 Å². The average Bonchev–Trinajstić information content (AvgIpc) is 3.11. The van der Waals surface area contributed by atoms with Crippen molar-refractivity contribution < 1.29 is 18.3 Å². The average molecular weight is 381 g/mol. The molecule has 0 spiro atoms. The summed E-state index contributed by atoms with van der Waals surface area (Å²) in [6.07, 6.45) is 4.29. The molecule has 0 bridgehead atoms. The van der Waals surface area contributed by atoms with Gasteiger partial charge < -0.3 is 10.1 Å². The fourth-order valence-electron chi connectivity index (χ4n) is 2.71. The number of nitrogens with one attached hydrogen (secondary N) is 1. The number of aromatic nitrogens is 4. The number of fused-ring (bicyclic) bond motifs is 1. The van der Waals surface area contributed by atoms with E-state index in [4.69, 9.17) is 4.74 Å². The van der Waals surface area contributed by atoms with E-state index in [0.717, 1.165) is 17.6 Å². The molecular formula is C19H13F2N5O2. The lowest BCUT2D eigenvalue weighted by molar-refractivity contribution is 0.101. The molecule has 0 radical (unpaired) electrons. The molecule has 1 amide bonds. The number of methoxy groups -OCH3 is 1. The number of amides is 1. The van der Waals surface area contributed by atoms with E-state index < -0.39 is 23.1 Å². The maximum absolute atomic E-state index is 13.7. The normalized spacial score (nSPS) is 10.8. The Morgan fingerprint density at radius 3 is 2.54 bits per heavy atom. The van der Waals surface area contributed by atoms with Crippen LogP contribution in [0.25, 0.3) is 16.9 Å². The molecule has 4 aromatic rings. The van der Waals surface area contributed by atoms with Crippen LogP contribution in [0.2, 0.25) is 0 Å². The van der Waals surface area contributed by atoms with Crippen LogP contribution in [0.3, 0.4) is 0 Å². The first-order valence-electron chi connectivity index (χ1n) is 8.15. The zero-order chi connectivity index (χ0) is 19.7. The molecule has 0 atom stereocenters. The van der Waals surface area contributed by atoms with Crippen molar-refractivity contribution in [3.63, 3.8) is 0 Å². The summed E-state index contributed by atoms with van der Waals surface area (Å²) in [7, 11) is 1.57. The molecular weight excluding hydrogens is 368 g/mol. The number of benzene rings is 2. The van der Waals surface area contributed by atoms with Crippen molar-refractivity contribution in [2.45, 2.75) is 0 Å². The van der Waals surface area contributed by atoms with Crippen LogP contribution in [0.4, 0.5) is 14.6 Å². The largest absolute Gasteiger partial charge is 0.497 e. The van der Waals surface area contributed by atoms with Crippen LogP contribution in [0.15, 0.2) is 55.1 Å². The van der Waals surface area contributed by atoms with E-state index in [-0.39, 0.29) is 5.82 Å². The van der Waals surface area contributed by atoms with Crippen LogP contribution in [0.1, 0.15) is 10.4 Å². The van der Waals surface area contributed by atoms with Gasteiger partial charge >= 0.3 is 0 Å². The molecule has 1 N–H and O–H groups in total. The Balaban J connectivity index is 1.59. The molecule has 0 saturated carbocycles. The van der Waals surface area contributed by atoms with Gasteiger partial charge in [-0.05, 0) is 24.3 Å². The van der Waals surface area contributed by atoms with Gasteiger partial charge in [-0.1, -0.05) is 6.07 Å². The predicted octanol–water partition coefficient (Wildman–Crippen LogP) is 3.35. The van der Waals surface area contributed by atoms with Gasteiger partial charge in [0.15, 0.2) is 11.6 Å². The van der Waals surface area contributed by atoms with Gasteiger partial charge in [0.05, 0.1) is 30.5 Å². The number of hydrogen-bond acceptors (Lipinski definition) is 5. The van der Waals surface area contributed by atoms with Crippen molar-refractivity contribution in [1.29, 1.82) is 0 Å². The lowest BCUT2D eigenvalue weighted by Crippen LogP contribution is -2.17. The van der Waals surface area contributed by atoms with E-state index in [2.05, 4.69) is 20.3 Å². The highest BCUT2D eigenvalue weighted by atomic mass is 19.1. The van der Waals surface area contributed by atoms with Gasteiger partial charge in [-0.3, -0.25) is 9.36 Å². The summed E-state index contributed by atoms with van der Waals surface area (Å²) in [4.78, 5) is 24.7. The molecule has 7 nitrogen and oxygen atoms in total. The van der Waals surface area contributed by atoms with E-state index in [1.807, 2.05) is 6.07 Å². The summed E-state index contributed by atoms with van der Waals surface area (Å²) >= 11 is 0. The highest BCUT2D eigenvalue weighted by molar-refractivity contribution is 6.04. The Bertz CT molecular complexity index is 1150. The minimum absolute atomic E-state index is 0.0579. The predicted molar refractivity (Wildman–Crippen MR) is 97.5 cm³/mol. The zero-order valence-corrected chi connectivity index (χ0v) is 14.6. The van der Waals surface area contributed by atoms with Crippen molar-refractivity contribution in [1.82, 2.24) is 19.5 Å². The number of rotatable bonds is 4. The van der Waals surface area contributed by atoms with E-state index in [9.17, 15) is 13.6 Å². The second-order valence-electron chi connectivity index (χ2n) is 5.78. The molecule has 2 heterocycles. The number of imidazole rings is 1. The van der Waals surface area contributed by atoms with Crippen LogP contribution >= 0.6 is 0 Å². The molecule has 0 saturated heterocycles. The standard InChI is InChI=1S/C19H13F2N5O2/c1-28-11-5-6-15-14(7-11)24-10-26(15)17-9-22-16(8-23-17)25-19(27)18-12(20)3-2-4-13(18)21/h2-10H,1H3,(H,22,25,27). The Morgan fingerprint density at radius 2 is 1.86 bits per heavy atom. The minimum atomic E-state index is -0.956. The summed E-state index contributed by atoms with van der Waals surface area (Å²) in [5.74, 6) is -1.66. The van der Waals surface area contributed by atoms with Crippen LogP contribution in [-0.2, 0) is 0 Å². The van der Waals surface area contributed by atoms with Crippen molar-refractivity contribution >= 4 is 22.8 Å². The van der Waals surface area contributed by atoms with Crippen molar-refractivity contribution in [2.75, 3.05) is 12.4 Å². The van der Waals surface area contributed by atoms with Gasteiger partial charge in [-0.2, -0.15) is 0 Å². The summed E-state index contributed by atoms with van der Waals surface area (Å²) in [6, 6.07) is 8.61.